The van der Waals surface area contributed by atoms with Gasteiger partial charge in [0.05, 0.1) is 5.56 Å². The third-order valence-electron chi connectivity index (χ3n) is 7.24. The third kappa shape index (κ3) is 3.73. The number of rotatable bonds is 5. The van der Waals surface area contributed by atoms with Gasteiger partial charge in [0.2, 0.25) is 5.91 Å². The molecule has 156 valence electrons. The first-order valence-corrected chi connectivity index (χ1v) is 11.2. The molecule has 2 fully saturated rings. The number of likely N-dealkylation sites (tertiary alicyclic amines) is 1. The molecule has 1 aromatic heterocycles. The Morgan fingerprint density at radius 3 is 2.63 bits per heavy atom. The second kappa shape index (κ2) is 7.86. The van der Waals surface area contributed by atoms with Gasteiger partial charge in [0.15, 0.2) is 0 Å². The van der Waals surface area contributed by atoms with E-state index >= 15 is 0 Å². The highest BCUT2D eigenvalue weighted by Gasteiger charge is 2.46. The van der Waals surface area contributed by atoms with Crippen LogP contribution in [0.2, 0.25) is 0 Å². The van der Waals surface area contributed by atoms with E-state index in [1.165, 1.54) is 24.0 Å². The van der Waals surface area contributed by atoms with E-state index in [1.54, 1.807) is 12.4 Å². The quantitative estimate of drug-likeness (QED) is 0.829. The minimum atomic E-state index is 0.0697. The summed E-state index contributed by atoms with van der Waals surface area (Å²) in [6.07, 6.45) is 9.34. The molecule has 0 radical (unpaired) electrons. The lowest BCUT2D eigenvalue weighted by atomic mass is 9.73. The van der Waals surface area contributed by atoms with Crippen LogP contribution in [0.4, 0.5) is 0 Å². The maximum absolute atomic E-state index is 12.8. The molecule has 2 heterocycles. The lowest BCUT2D eigenvalue weighted by Crippen LogP contribution is -2.44. The monoisotopic (exact) mass is 403 g/mol. The Hall–Kier alpha value is -2.69. The number of benzene rings is 1. The van der Waals surface area contributed by atoms with Crippen LogP contribution in [-0.2, 0) is 10.2 Å². The Kier molecular flexibility index (Phi) is 5.05. The average molecular weight is 404 g/mol. The summed E-state index contributed by atoms with van der Waals surface area (Å²) in [6.45, 7) is 2.34. The number of amides is 2. The SMILES string of the molecule is O=C(C[C@@H]1CC2(CCN(C(=O)c3cccnc3)CC2)c2ccccc21)NCC1CC1. The molecule has 2 amide bonds. The molecule has 3 aliphatic rings. The highest BCUT2D eigenvalue weighted by molar-refractivity contribution is 5.94. The van der Waals surface area contributed by atoms with E-state index in [4.69, 9.17) is 0 Å². The molecule has 2 aliphatic carbocycles. The van der Waals surface area contributed by atoms with Crippen LogP contribution in [0, 0.1) is 5.92 Å². The number of pyridine rings is 1. The molecule has 30 heavy (non-hydrogen) atoms. The zero-order valence-corrected chi connectivity index (χ0v) is 17.3. The van der Waals surface area contributed by atoms with Crippen molar-refractivity contribution in [2.45, 2.75) is 49.9 Å². The third-order valence-corrected chi connectivity index (χ3v) is 7.24. The highest BCUT2D eigenvalue weighted by atomic mass is 16.2. The molecule has 0 bridgehead atoms. The molecule has 1 saturated carbocycles. The summed E-state index contributed by atoms with van der Waals surface area (Å²) in [4.78, 5) is 31.4. The van der Waals surface area contributed by atoms with Gasteiger partial charge < -0.3 is 10.2 Å². The Morgan fingerprint density at radius 2 is 1.90 bits per heavy atom. The van der Waals surface area contributed by atoms with Crippen LogP contribution in [0.5, 0.6) is 0 Å². The molecule has 1 saturated heterocycles. The van der Waals surface area contributed by atoms with Crippen molar-refractivity contribution in [3.8, 4) is 0 Å². The summed E-state index contributed by atoms with van der Waals surface area (Å²) in [5, 5.41) is 3.14. The van der Waals surface area contributed by atoms with E-state index < -0.39 is 0 Å². The first-order chi connectivity index (χ1) is 14.6. The predicted octanol–water partition coefficient (Wildman–Crippen LogP) is 3.66. The number of fused-ring (bicyclic) bond motifs is 2. The number of carbonyl (C=O) groups excluding carboxylic acids is 2. The Labute approximate surface area is 177 Å². The van der Waals surface area contributed by atoms with Gasteiger partial charge in [-0.2, -0.15) is 0 Å². The summed E-state index contributed by atoms with van der Waals surface area (Å²) < 4.78 is 0. The van der Waals surface area contributed by atoms with Gasteiger partial charge in [-0.15, -0.1) is 0 Å². The van der Waals surface area contributed by atoms with Gasteiger partial charge in [-0.1, -0.05) is 24.3 Å². The molecular formula is C25H29N3O2. The van der Waals surface area contributed by atoms with Crippen LogP contribution in [0.3, 0.4) is 0 Å². The van der Waals surface area contributed by atoms with Crippen molar-refractivity contribution in [2.24, 2.45) is 5.92 Å². The number of piperidine rings is 1. The van der Waals surface area contributed by atoms with Crippen molar-refractivity contribution in [2.75, 3.05) is 19.6 Å². The number of carbonyl (C=O) groups is 2. The average Bonchev–Trinajstić information content (AvgIpc) is 3.58. The maximum atomic E-state index is 12.8. The van der Waals surface area contributed by atoms with Crippen LogP contribution in [0.15, 0.2) is 48.8 Å². The van der Waals surface area contributed by atoms with E-state index in [1.807, 2.05) is 17.0 Å². The van der Waals surface area contributed by atoms with Crippen molar-refractivity contribution >= 4 is 11.8 Å². The zero-order valence-electron chi connectivity index (χ0n) is 17.3. The number of hydrogen-bond acceptors (Lipinski definition) is 3. The first-order valence-electron chi connectivity index (χ1n) is 11.2. The van der Waals surface area contributed by atoms with E-state index in [0.717, 1.165) is 38.9 Å². The van der Waals surface area contributed by atoms with E-state index in [0.29, 0.717) is 17.9 Å². The van der Waals surface area contributed by atoms with Gasteiger partial charge in [0.25, 0.3) is 5.91 Å². The fourth-order valence-corrected chi connectivity index (χ4v) is 5.37. The molecule has 2 aromatic rings. The van der Waals surface area contributed by atoms with Crippen LogP contribution in [0.1, 0.15) is 65.9 Å². The zero-order chi connectivity index (χ0) is 20.6. The lowest BCUT2D eigenvalue weighted by molar-refractivity contribution is -0.121. The largest absolute Gasteiger partial charge is 0.356 e. The van der Waals surface area contributed by atoms with Crippen molar-refractivity contribution in [1.29, 1.82) is 0 Å². The topological polar surface area (TPSA) is 62.3 Å². The minimum Gasteiger partial charge on any atom is -0.356 e. The van der Waals surface area contributed by atoms with Crippen LogP contribution in [0.25, 0.3) is 0 Å². The van der Waals surface area contributed by atoms with Crippen LogP contribution < -0.4 is 5.32 Å². The fourth-order valence-electron chi connectivity index (χ4n) is 5.37. The molecule has 5 heteroatoms. The van der Waals surface area contributed by atoms with E-state index in [9.17, 15) is 9.59 Å². The smallest absolute Gasteiger partial charge is 0.255 e. The van der Waals surface area contributed by atoms with E-state index in [-0.39, 0.29) is 23.1 Å². The van der Waals surface area contributed by atoms with Crippen molar-refractivity contribution < 1.29 is 9.59 Å². The summed E-state index contributed by atoms with van der Waals surface area (Å²) in [5.41, 5.74) is 3.49. The molecule has 1 aromatic carbocycles. The van der Waals surface area contributed by atoms with Crippen molar-refractivity contribution in [3.63, 3.8) is 0 Å². The standard InChI is InChI=1S/C25H29N3O2/c29-23(27-16-18-7-8-18)14-20-15-25(22-6-2-1-5-21(20)22)9-12-28(13-10-25)24(30)19-4-3-11-26-17-19/h1-6,11,17-18,20H,7-10,12-16H2,(H,27,29)/t20-/m1/s1. The summed E-state index contributed by atoms with van der Waals surface area (Å²) in [7, 11) is 0. The summed E-state index contributed by atoms with van der Waals surface area (Å²) >= 11 is 0. The Balaban J connectivity index is 1.28. The Morgan fingerprint density at radius 1 is 1.10 bits per heavy atom. The van der Waals surface area contributed by atoms with Gasteiger partial charge in [-0.05, 0) is 72.6 Å². The molecular weight excluding hydrogens is 374 g/mol. The number of nitrogens with one attached hydrogen (secondary N) is 1. The molecule has 1 atom stereocenters. The fraction of sp³-hybridized carbons (Fsp3) is 0.480. The van der Waals surface area contributed by atoms with Gasteiger partial charge in [-0.3, -0.25) is 14.6 Å². The molecule has 1 spiro atoms. The maximum Gasteiger partial charge on any atom is 0.255 e. The number of hydrogen-bond donors (Lipinski definition) is 1. The van der Waals surface area contributed by atoms with Gasteiger partial charge >= 0.3 is 0 Å². The molecule has 0 unspecified atom stereocenters. The van der Waals surface area contributed by atoms with Gasteiger partial charge in [-0.25, -0.2) is 0 Å². The van der Waals surface area contributed by atoms with Crippen molar-refractivity contribution in [1.82, 2.24) is 15.2 Å². The molecule has 5 rings (SSSR count). The Bertz CT molecular complexity index is 930. The first kappa shape index (κ1) is 19.3. The van der Waals surface area contributed by atoms with Crippen molar-refractivity contribution in [3.05, 3.63) is 65.5 Å². The number of nitrogens with zero attached hydrogens (tertiary/aromatic N) is 2. The normalized spacial score (nSPS) is 22.0. The molecule has 1 N–H and O–H groups in total. The summed E-state index contributed by atoms with van der Waals surface area (Å²) in [5.74, 6) is 1.24. The molecule has 5 nitrogen and oxygen atoms in total. The lowest BCUT2D eigenvalue weighted by Gasteiger charge is -2.40. The summed E-state index contributed by atoms with van der Waals surface area (Å²) in [6, 6.07) is 12.3. The van der Waals surface area contributed by atoms with Gasteiger partial charge in [0.1, 0.15) is 0 Å². The van der Waals surface area contributed by atoms with Crippen LogP contribution >= 0.6 is 0 Å². The predicted molar refractivity (Wildman–Crippen MR) is 115 cm³/mol. The number of aromatic nitrogens is 1. The second-order valence-electron chi connectivity index (χ2n) is 9.25. The second-order valence-corrected chi connectivity index (χ2v) is 9.25. The van der Waals surface area contributed by atoms with Gasteiger partial charge in [0, 0.05) is 38.4 Å². The van der Waals surface area contributed by atoms with E-state index in [2.05, 4.69) is 34.6 Å². The minimum absolute atomic E-state index is 0.0697. The highest BCUT2D eigenvalue weighted by Crippen LogP contribution is 2.52. The van der Waals surface area contributed by atoms with Crippen LogP contribution in [-0.4, -0.2) is 41.3 Å². The molecule has 1 aliphatic heterocycles.